The number of hydrogen-bond acceptors (Lipinski definition) is 2. The van der Waals surface area contributed by atoms with Gasteiger partial charge in [-0.3, -0.25) is 10.1 Å². The largest absolute Gasteiger partial charge is 0.348 e. The number of nitrogens with zero attached hydrogens (tertiary/aromatic N) is 1. The fourth-order valence-corrected chi connectivity index (χ4v) is 3.48. The van der Waals surface area contributed by atoms with E-state index in [1.165, 1.54) is 0 Å². The zero-order valence-electron chi connectivity index (χ0n) is 15.2. The van der Waals surface area contributed by atoms with Gasteiger partial charge in [0.05, 0.1) is 0 Å². The second kappa shape index (κ2) is 7.77. The summed E-state index contributed by atoms with van der Waals surface area (Å²) in [6.07, 6.45) is 0. The van der Waals surface area contributed by atoms with Crippen LogP contribution < -0.4 is 16.0 Å². The Bertz CT molecular complexity index is 1040. The van der Waals surface area contributed by atoms with Crippen LogP contribution in [0.2, 0.25) is 5.02 Å². The molecule has 1 fully saturated rings. The summed E-state index contributed by atoms with van der Waals surface area (Å²) < 4.78 is 0. The fraction of sp³-hybridized carbons (Fsp3) is 0.0455. The van der Waals surface area contributed by atoms with Crippen LogP contribution in [0, 0.1) is 0 Å². The molecule has 3 amide bonds. The summed E-state index contributed by atoms with van der Waals surface area (Å²) in [7, 11) is 0. The van der Waals surface area contributed by atoms with E-state index < -0.39 is 11.6 Å². The van der Waals surface area contributed by atoms with Crippen molar-refractivity contribution in [2.75, 3.05) is 5.32 Å². The van der Waals surface area contributed by atoms with E-state index >= 15 is 0 Å². The number of guanidine groups is 1. The molecule has 0 aliphatic carbocycles. The van der Waals surface area contributed by atoms with E-state index in [2.05, 4.69) is 20.9 Å². The van der Waals surface area contributed by atoms with Crippen LogP contribution in [0.1, 0.15) is 11.1 Å². The highest BCUT2D eigenvalue weighted by molar-refractivity contribution is 6.30. The lowest BCUT2D eigenvalue weighted by Crippen LogP contribution is -2.45. The Morgan fingerprint density at radius 2 is 1.52 bits per heavy atom. The maximum Gasteiger partial charge on any atom is 0.348 e. The molecule has 0 atom stereocenters. The standard InChI is InChI=1S/C22H17ClN4O2/c23-17-12-7-13-18(14-17)24-21(29)26-20-25-19(28)22(27-20,15-8-3-1-4-9-15)16-10-5-2-6-11-16/h1-14H,(H3,24,25,26,27,28,29). The summed E-state index contributed by atoms with van der Waals surface area (Å²) in [5, 5.41) is 8.92. The van der Waals surface area contributed by atoms with Crippen molar-refractivity contribution < 1.29 is 9.59 Å². The van der Waals surface area contributed by atoms with Crippen LogP contribution in [0.15, 0.2) is 89.9 Å². The molecule has 29 heavy (non-hydrogen) atoms. The van der Waals surface area contributed by atoms with E-state index in [-0.39, 0.29) is 11.9 Å². The first-order valence-electron chi connectivity index (χ1n) is 8.94. The van der Waals surface area contributed by atoms with Crippen molar-refractivity contribution in [1.29, 1.82) is 0 Å². The van der Waals surface area contributed by atoms with Crippen molar-refractivity contribution in [2.45, 2.75) is 5.54 Å². The van der Waals surface area contributed by atoms with Gasteiger partial charge >= 0.3 is 6.03 Å². The van der Waals surface area contributed by atoms with E-state index in [0.717, 1.165) is 11.1 Å². The Kier molecular flexibility index (Phi) is 5.01. The molecule has 0 unspecified atom stereocenters. The highest BCUT2D eigenvalue weighted by atomic mass is 35.5. The topological polar surface area (TPSA) is 82.6 Å². The van der Waals surface area contributed by atoms with Gasteiger partial charge in [0, 0.05) is 10.7 Å². The maximum absolute atomic E-state index is 13.1. The van der Waals surface area contributed by atoms with Gasteiger partial charge in [-0.25, -0.2) is 4.79 Å². The van der Waals surface area contributed by atoms with Crippen LogP contribution in [-0.2, 0) is 10.3 Å². The first-order chi connectivity index (χ1) is 14.1. The van der Waals surface area contributed by atoms with Gasteiger partial charge in [-0.1, -0.05) is 78.3 Å². The average molecular weight is 405 g/mol. The first kappa shape index (κ1) is 18.7. The Morgan fingerprint density at radius 3 is 2.10 bits per heavy atom. The number of nitrogens with one attached hydrogen (secondary N) is 3. The van der Waals surface area contributed by atoms with E-state index in [0.29, 0.717) is 10.7 Å². The molecule has 1 aliphatic heterocycles. The van der Waals surface area contributed by atoms with Crippen molar-refractivity contribution in [2.24, 2.45) is 4.99 Å². The molecule has 1 aliphatic rings. The molecule has 1 heterocycles. The smallest absolute Gasteiger partial charge is 0.334 e. The summed E-state index contributed by atoms with van der Waals surface area (Å²) in [4.78, 5) is 29.4. The molecule has 0 radical (unpaired) electrons. The molecule has 0 saturated carbocycles. The molecule has 0 spiro atoms. The third kappa shape index (κ3) is 3.70. The van der Waals surface area contributed by atoms with Crippen LogP contribution in [0.5, 0.6) is 0 Å². The van der Waals surface area contributed by atoms with Crippen LogP contribution in [0.3, 0.4) is 0 Å². The van der Waals surface area contributed by atoms with Crippen molar-refractivity contribution in [3.63, 3.8) is 0 Å². The van der Waals surface area contributed by atoms with Crippen molar-refractivity contribution in [3.8, 4) is 0 Å². The Balaban J connectivity index is 1.66. The monoisotopic (exact) mass is 404 g/mol. The molecule has 7 heteroatoms. The lowest BCUT2D eigenvalue weighted by atomic mass is 9.83. The number of hydrogen-bond donors (Lipinski definition) is 3. The number of anilines is 1. The van der Waals surface area contributed by atoms with Gasteiger partial charge in [0.1, 0.15) is 0 Å². The van der Waals surface area contributed by atoms with Crippen LogP contribution in [0.25, 0.3) is 0 Å². The molecule has 0 aromatic heterocycles. The van der Waals surface area contributed by atoms with Gasteiger partial charge in [0.15, 0.2) is 5.54 Å². The van der Waals surface area contributed by atoms with Crippen molar-refractivity contribution >= 4 is 35.2 Å². The first-order valence-corrected chi connectivity index (χ1v) is 9.32. The predicted molar refractivity (Wildman–Crippen MR) is 113 cm³/mol. The zero-order chi connectivity index (χ0) is 20.3. The van der Waals surface area contributed by atoms with E-state index in [4.69, 9.17) is 11.6 Å². The molecule has 3 aromatic carbocycles. The lowest BCUT2D eigenvalue weighted by molar-refractivity contribution is -0.122. The molecule has 6 nitrogen and oxygen atoms in total. The number of halogens is 1. The van der Waals surface area contributed by atoms with Gasteiger partial charge in [-0.15, -0.1) is 0 Å². The minimum Gasteiger partial charge on any atom is -0.334 e. The average Bonchev–Trinajstić information content (AvgIpc) is 3.06. The molecule has 0 bridgehead atoms. The summed E-state index contributed by atoms with van der Waals surface area (Å²) >= 11 is 5.93. The van der Waals surface area contributed by atoms with Gasteiger partial charge in [0.2, 0.25) is 5.96 Å². The SMILES string of the molecule is O=C(/N=C1\NC(=O)C(c2ccccc2)(c2ccccc2)N1)Nc1cccc(Cl)c1. The highest BCUT2D eigenvalue weighted by Gasteiger charge is 2.48. The fourth-order valence-electron chi connectivity index (χ4n) is 3.29. The molecular weight excluding hydrogens is 388 g/mol. The Hall–Kier alpha value is -3.64. The van der Waals surface area contributed by atoms with Gasteiger partial charge in [-0.05, 0) is 29.3 Å². The van der Waals surface area contributed by atoms with Crippen molar-refractivity contribution in [1.82, 2.24) is 10.6 Å². The predicted octanol–water partition coefficient (Wildman–Crippen LogP) is 3.89. The summed E-state index contributed by atoms with van der Waals surface area (Å²) in [5.74, 6) is -0.244. The van der Waals surface area contributed by atoms with Gasteiger partial charge in [0.25, 0.3) is 5.91 Å². The van der Waals surface area contributed by atoms with Gasteiger partial charge in [-0.2, -0.15) is 4.99 Å². The third-order valence-corrected chi connectivity index (χ3v) is 4.82. The third-order valence-electron chi connectivity index (χ3n) is 4.58. The van der Waals surface area contributed by atoms with E-state index in [1.807, 2.05) is 60.7 Å². The minimum atomic E-state index is -1.18. The zero-order valence-corrected chi connectivity index (χ0v) is 16.0. The number of carbonyl (C=O) groups is 2. The number of carbonyl (C=O) groups excluding carboxylic acids is 2. The normalized spacial score (nSPS) is 16.2. The number of aliphatic imine (C=N–C) groups is 1. The Morgan fingerprint density at radius 1 is 0.897 bits per heavy atom. The van der Waals surface area contributed by atoms with Crippen LogP contribution in [-0.4, -0.2) is 17.9 Å². The van der Waals surface area contributed by atoms with E-state index in [1.54, 1.807) is 24.3 Å². The number of benzene rings is 3. The van der Waals surface area contributed by atoms with Crippen LogP contribution in [0.4, 0.5) is 10.5 Å². The molecule has 3 N–H and O–H groups in total. The molecular formula is C22H17ClN4O2. The number of rotatable bonds is 3. The maximum atomic E-state index is 13.1. The van der Waals surface area contributed by atoms with Gasteiger partial charge < -0.3 is 10.6 Å². The number of amides is 3. The molecule has 1 saturated heterocycles. The summed E-state index contributed by atoms with van der Waals surface area (Å²) in [6, 6.07) is 24.7. The van der Waals surface area contributed by atoms with Crippen LogP contribution >= 0.6 is 11.6 Å². The molecule has 3 aromatic rings. The highest BCUT2D eigenvalue weighted by Crippen LogP contribution is 2.32. The second-order valence-corrected chi connectivity index (χ2v) is 6.90. The minimum absolute atomic E-state index is 0.0715. The second-order valence-electron chi connectivity index (χ2n) is 6.46. The number of urea groups is 1. The molecule has 144 valence electrons. The quantitative estimate of drug-likeness (QED) is 0.619. The van der Waals surface area contributed by atoms with E-state index in [9.17, 15) is 9.59 Å². The lowest BCUT2D eigenvalue weighted by Gasteiger charge is -2.27. The summed E-state index contributed by atoms with van der Waals surface area (Å²) in [5.41, 5.74) is 0.805. The molecule has 4 rings (SSSR count). The van der Waals surface area contributed by atoms with Crippen molar-refractivity contribution in [3.05, 3.63) is 101 Å². The summed E-state index contributed by atoms with van der Waals surface area (Å²) in [6.45, 7) is 0. The Labute approximate surface area is 172 Å².